The highest BCUT2D eigenvalue weighted by molar-refractivity contribution is 6.03. The summed E-state index contributed by atoms with van der Waals surface area (Å²) in [4.78, 5) is 13.4. The molecule has 3 heteroatoms. The molecule has 0 saturated carbocycles. The SMILES string of the molecule is C#CCN1C(=O)CNc2cc(C)c(C)cc21. The van der Waals surface area contributed by atoms with Crippen LogP contribution in [0.3, 0.4) is 0 Å². The Balaban J connectivity index is 2.51. The number of nitrogens with zero attached hydrogens (tertiary/aromatic N) is 1. The number of hydrogen-bond acceptors (Lipinski definition) is 2. The second-order valence-corrected chi connectivity index (χ2v) is 3.99. The molecule has 0 aliphatic carbocycles. The summed E-state index contributed by atoms with van der Waals surface area (Å²) in [6.45, 7) is 4.73. The van der Waals surface area contributed by atoms with Gasteiger partial charge in [0.05, 0.1) is 24.5 Å². The van der Waals surface area contributed by atoms with Crippen LogP contribution in [-0.2, 0) is 4.79 Å². The van der Waals surface area contributed by atoms with E-state index in [-0.39, 0.29) is 5.91 Å². The van der Waals surface area contributed by atoms with Gasteiger partial charge in [0.15, 0.2) is 0 Å². The van der Waals surface area contributed by atoms with Gasteiger partial charge in [0.2, 0.25) is 5.91 Å². The molecule has 1 heterocycles. The van der Waals surface area contributed by atoms with Gasteiger partial charge in [0.25, 0.3) is 0 Å². The Labute approximate surface area is 95.5 Å². The average Bonchev–Trinajstić information content (AvgIpc) is 2.25. The van der Waals surface area contributed by atoms with Crippen LogP contribution in [0.25, 0.3) is 0 Å². The lowest BCUT2D eigenvalue weighted by atomic mass is 10.1. The summed E-state index contributed by atoms with van der Waals surface area (Å²) < 4.78 is 0. The number of fused-ring (bicyclic) bond motifs is 1. The Hall–Kier alpha value is -1.95. The molecular formula is C13H14N2O. The highest BCUT2D eigenvalue weighted by atomic mass is 16.2. The third-order valence-electron chi connectivity index (χ3n) is 2.88. The van der Waals surface area contributed by atoms with Crippen molar-refractivity contribution >= 4 is 17.3 Å². The number of anilines is 2. The van der Waals surface area contributed by atoms with Gasteiger partial charge in [-0.05, 0) is 37.1 Å². The van der Waals surface area contributed by atoms with Crippen molar-refractivity contribution in [1.82, 2.24) is 0 Å². The molecule has 1 aliphatic rings. The van der Waals surface area contributed by atoms with Crippen molar-refractivity contribution in [2.45, 2.75) is 13.8 Å². The second-order valence-electron chi connectivity index (χ2n) is 3.99. The van der Waals surface area contributed by atoms with Crippen LogP contribution in [0.4, 0.5) is 11.4 Å². The van der Waals surface area contributed by atoms with Crippen molar-refractivity contribution in [3.05, 3.63) is 23.3 Å². The summed E-state index contributed by atoms with van der Waals surface area (Å²) in [7, 11) is 0. The van der Waals surface area contributed by atoms with Gasteiger partial charge < -0.3 is 5.32 Å². The van der Waals surface area contributed by atoms with Crippen molar-refractivity contribution < 1.29 is 4.79 Å². The van der Waals surface area contributed by atoms with Crippen LogP contribution in [0.2, 0.25) is 0 Å². The summed E-state index contributed by atoms with van der Waals surface area (Å²) in [6, 6.07) is 4.06. The van der Waals surface area contributed by atoms with Gasteiger partial charge in [-0.3, -0.25) is 9.69 Å². The molecule has 1 amide bonds. The van der Waals surface area contributed by atoms with Crippen LogP contribution >= 0.6 is 0 Å². The van der Waals surface area contributed by atoms with Gasteiger partial charge in [0.1, 0.15) is 0 Å². The molecule has 2 rings (SSSR count). The van der Waals surface area contributed by atoms with E-state index in [0.717, 1.165) is 16.9 Å². The van der Waals surface area contributed by atoms with Gasteiger partial charge in [-0.2, -0.15) is 0 Å². The van der Waals surface area contributed by atoms with E-state index < -0.39 is 0 Å². The van der Waals surface area contributed by atoms with Crippen molar-refractivity contribution in [2.75, 3.05) is 23.3 Å². The van der Waals surface area contributed by atoms with Crippen molar-refractivity contribution in [3.8, 4) is 12.3 Å². The van der Waals surface area contributed by atoms with Crippen LogP contribution in [0.1, 0.15) is 11.1 Å². The molecule has 16 heavy (non-hydrogen) atoms. The van der Waals surface area contributed by atoms with Crippen LogP contribution < -0.4 is 10.2 Å². The third-order valence-corrected chi connectivity index (χ3v) is 2.88. The van der Waals surface area contributed by atoms with Crippen LogP contribution in [-0.4, -0.2) is 19.0 Å². The summed E-state index contributed by atoms with van der Waals surface area (Å²) in [5.41, 5.74) is 4.24. The van der Waals surface area contributed by atoms with Crippen LogP contribution in [0, 0.1) is 26.2 Å². The summed E-state index contributed by atoms with van der Waals surface area (Å²) in [6.07, 6.45) is 5.28. The minimum atomic E-state index is 0.0219. The molecule has 0 saturated heterocycles. The minimum Gasteiger partial charge on any atom is -0.374 e. The zero-order valence-electron chi connectivity index (χ0n) is 9.50. The van der Waals surface area contributed by atoms with E-state index in [0.29, 0.717) is 13.1 Å². The Morgan fingerprint density at radius 2 is 2.12 bits per heavy atom. The first kappa shape index (κ1) is 10.6. The lowest BCUT2D eigenvalue weighted by molar-refractivity contribution is -0.117. The van der Waals surface area contributed by atoms with Gasteiger partial charge >= 0.3 is 0 Å². The quantitative estimate of drug-likeness (QED) is 0.722. The van der Waals surface area contributed by atoms with E-state index in [4.69, 9.17) is 6.42 Å². The third kappa shape index (κ3) is 1.63. The van der Waals surface area contributed by atoms with E-state index in [2.05, 4.69) is 24.2 Å². The van der Waals surface area contributed by atoms with E-state index in [1.165, 1.54) is 5.56 Å². The largest absolute Gasteiger partial charge is 0.374 e. The maximum atomic E-state index is 11.7. The fourth-order valence-electron chi connectivity index (χ4n) is 1.83. The Kier molecular flexibility index (Phi) is 2.57. The minimum absolute atomic E-state index is 0.0219. The normalized spacial score (nSPS) is 14.1. The number of amides is 1. The Morgan fingerprint density at radius 3 is 2.81 bits per heavy atom. The van der Waals surface area contributed by atoms with E-state index >= 15 is 0 Å². The molecule has 0 bridgehead atoms. The molecule has 3 nitrogen and oxygen atoms in total. The average molecular weight is 214 g/mol. The van der Waals surface area contributed by atoms with E-state index in [1.807, 2.05) is 13.0 Å². The maximum absolute atomic E-state index is 11.7. The first-order valence-corrected chi connectivity index (χ1v) is 5.22. The first-order chi connectivity index (χ1) is 7.63. The number of aryl methyl sites for hydroxylation is 2. The standard InChI is InChI=1S/C13H14N2O/c1-4-5-15-12-7-10(3)9(2)6-11(12)14-8-13(15)16/h1,6-7,14H,5,8H2,2-3H3. The number of hydrogen-bond donors (Lipinski definition) is 1. The van der Waals surface area contributed by atoms with Crippen molar-refractivity contribution in [2.24, 2.45) is 0 Å². The van der Waals surface area contributed by atoms with Gasteiger partial charge in [-0.15, -0.1) is 6.42 Å². The summed E-state index contributed by atoms with van der Waals surface area (Å²) >= 11 is 0. The smallest absolute Gasteiger partial charge is 0.247 e. The fourth-order valence-corrected chi connectivity index (χ4v) is 1.83. The van der Waals surface area contributed by atoms with Gasteiger partial charge in [-0.25, -0.2) is 0 Å². The molecule has 82 valence electrons. The molecule has 0 spiro atoms. The van der Waals surface area contributed by atoms with Crippen LogP contribution in [0.15, 0.2) is 12.1 Å². The van der Waals surface area contributed by atoms with E-state index in [9.17, 15) is 4.79 Å². The number of benzene rings is 1. The molecule has 0 radical (unpaired) electrons. The molecule has 1 aromatic carbocycles. The zero-order chi connectivity index (χ0) is 11.7. The summed E-state index contributed by atoms with van der Waals surface area (Å²) in [5.74, 6) is 2.54. The highest BCUT2D eigenvalue weighted by Gasteiger charge is 2.23. The highest BCUT2D eigenvalue weighted by Crippen LogP contribution is 2.31. The van der Waals surface area contributed by atoms with Crippen LogP contribution in [0.5, 0.6) is 0 Å². The fraction of sp³-hybridized carbons (Fsp3) is 0.308. The Bertz CT molecular complexity index is 485. The lowest BCUT2D eigenvalue weighted by Crippen LogP contribution is -2.40. The zero-order valence-corrected chi connectivity index (χ0v) is 9.50. The molecule has 1 aliphatic heterocycles. The predicted octanol–water partition coefficient (Wildman–Crippen LogP) is 1.70. The lowest BCUT2D eigenvalue weighted by Gasteiger charge is -2.29. The molecule has 1 N–H and O–H groups in total. The topological polar surface area (TPSA) is 32.3 Å². The maximum Gasteiger partial charge on any atom is 0.247 e. The molecule has 0 unspecified atom stereocenters. The molecule has 1 aromatic rings. The number of carbonyl (C=O) groups is 1. The van der Waals surface area contributed by atoms with Crippen molar-refractivity contribution in [3.63, 3.8) is 0 Å². The molecule has 0 aromatic heterocycles. The predicted molar refractivity (Wildman–Crippen MR) is 65.6 cm³/mol. The number of rotatable bonds is 1. The number of carbonyl (C=O) groups excluding carboxylic acids is 1. The first-order valence-electron chi connectivity index (χ1n) is 5.22. The van der Waals surface area contributed by atoms with E-state index in [1.54, 1.807) is 4.90 Å². The van der Waals surface area contributed by atoms with Gasteiger partial charge in [-0.1, -0.05) is 5.92 Å². The Morgan fingerprint density at radius 1 is 1.44 bits per heavy atom. The van der Waals surface area contributed by atoms with Gasteiger partial charge in [0, 0.05) is 0 Å². The number of terminal acetylenes is 1. The second kappa shape index (κ2) is 3.90. The molecule has 0 atom stereocenters. The number of nitrogens with one attached hydrogen (secondary N) is 1. The summed E-state index contributed by atoms with van der Waals surface area (Å²) in [5, 5.41) is 3.11. The molecule has 0 fully saturated rings. The monoisotopic (exact) mass is 214 g/mol. The molecular weight excluding hydrogens is 200 g/mol. The van der Waals surface area contributed by atoms with Crippen molar-refractivity contribution in [1.29, 1.82) is 0 Å².